The van der Waals surface area contributed by atoms with Crippen LogP contribution in [0.2, 0.25) is 0 Å². The average molecular weight is 710 g/mol. The van der Waals surface area contributed by atoms with Gasteiger partial charge >= 0.3 is 0 Å². The number of fused-ring (bicyclic) bond motifs is 4. The second kappa shape index (κ2) is 13.9. The highest BCUT2D eigenvalue weighted by Gasteiger charge is 2.38. The van der Waals surface area contributed by atoms with Gasteiger partial charge in [-0.2, -0.15) is 4.98 Å². The molecule has 12 heteroatoms. The molecule has 2 aromatic heterocycles. The number of sulfonamides is 1. The summed E-state index contributed by atoms with van der Waals surface area (Å²) in [7, 11) is -4.17. The molecule has 2 atom stereocenters. The zero-order chi connectivity index (χ0) is 35.9. The van der Waals surface area contributed by atoms with E-state index in [9.17, 15) is 13.2 Å². The quantitative estimate of drug-likeness (QED) is 0.226. The highest BCUT2D eigenvalue weighted by molar-refractivity contribution is 7.92. The molecule has 4 bridgehead atoms. The van der Waals surface area contributed by atoms with Crippen molar-refractivity contribution in [1.82, 2.24) is 24.8 Å². The molecular weight excluding hydrogens is 663 g/mol. The Bertz CT molecular complexity index is 2020. The monoisotopic (exact) mass is 709 g/mol. The summed E-state index contributed by atoms with van der Waals surface area (Å²) in [5, 5.41) is 0. The van der Waals surface area contributed by atoms with E-state index < -0.39 is 16.1 Å². The van der Waals surface area contributed by atoms with E-state index in [-0.39, 0.29) is 46.8 Å². The molecule has 0 radical (unpaired) electrons. The molecule has 1 aliphatic carbocycles. The van der Waals surface area contributed by atoms with Crippen LogP contribution in [0.25, 0.3) is 11.3 Å². The van der Waals surface area contributed by atoms with Gasteiger partial charge in [-0.05, 0) is 93.0 Å². The predicted molar refractivity (Wildman–Crippen MR) is 197 cm³/mol. The average Bonchev–Trinajstić information content (AvgIpc) is 3.94. The lowest BCUT2D eigenvalue weighted by molar-refractivity contribution is 0.0509. The van der Waals surface area contributed by atoms with Crippen molar-refractivity contribution in [2.45, 2.75) is 96.7 Å². The van der Waals surface area contributed by atoms with E-state index in [2.05, 4.69) is 45.3 Å². The molecule has 1 N–H and O–H groups in total. The molecule has 51 heavy (non-hydrogen) atoms. The molecule has 7 rings (SSSR count). The Balaban J connectivity index is 1.31. The minimum Gasteiger partial charge on any atom is -0.475 e. The number of aryl methyl sites for hydroxylation is 2. The molecule has 2 fully saturated rings. The van der Waals surface area contributed by atoms with Crippen molar-refractivity contribution in [1.29, 1.82) is 0 Å². The molecule has 11 nitrogen and oxygen atoms in total. The molecule has 2 aliphatic heterocycles. The van der Waals surface area contributed by atoms with Gasteiger partial charge in [0.15, 0.2) is 0 Å². The van der Waals surface area contributed by atoms with Crippen LogP contribution in [0.5, 0.6) is 5.88 Å². The molecular formula is C39H47N7O4S. The molecule has 0 spiro atoms. The number of carbonyl (C=O) groups is 1. The number of piperidine rings is 1. The van der Waals surface area contributed by atoms with E-state index in [0.717, 1.165) is 41.9 Å². The maximum absolute atomic E-state index is 14.6. The smallest absolute Gasteiger partial charge is 0.264 e. The van der Waals surface area contributed by atoms with Crippen molar-refractivity contribution in [2.75, 3.05) is 22.8 Å². The van der Waals surface area contributed by atoms with Crippen molar-refractivity contribution < 1.29 is 17.9 Å². The van der Waals surface area contributed by atoms with Crippen molar-refractivity contribution in [2.24, 2.45) is 11.3 Å². The minimum absolute atomic E-state index is 0.0681. The summed E-state index contributed by atoms with van der Waals surface area (Å²) < 4.78 is 36.5. The maximum Gasteiger partial charge on any atom is 0.264 e. The molecule has 4 heterocycles. The Morgan fingerprint density at radius 2 is 1.71 bits per heavy atom. The van der Waals surface area contributed by atoms with Crippen molar-refractivity contribution in [3.8, 4) is 17.1 Å². The third-order valence-electron chi connectivity index (χ3n) is 10.0. The fourth-order valence-electron chi connectivity index (χ4n) is 7.54. The first-order chi connectivity index (χ1) is 24.3. The molecule has 4 aromatic rings. The maximum atomic E-state index is 14.6. The molecule has 1 saturated carbocycles. The van der Waals surface area contributed by atoms with Crippen LogP contribution in [-0.2, 0) is 16.6 Å². The van der Waals surface area contributed by atoms with Gasteiger partial charge in [0.05, 0.1) is 41.3 Å². The van der Waals surface area contributed by atoms with Crippen LogP contribution < -0.4 is 14.4 Å². The third kappa shape index (κ3) is 7.85. The van der Waals surface area contributed by atoms with Gasteiger partial charge in [0.2, 0.25) is 11.8 Å². The highest BCUT2D eigenvalue weighted by atomic mass is 32.2. The number of anilines is 2. The summed E-state index contributed by atoms with van der Waals surface area (Å²) in [6.07, 6.45) is 10.2. The fourth-order valence-corrected chi connectivity index (χ4v) is 8.53. The number of hydrogen-bond donors (Lipinski definition) is 1. The van der Waals surface area contributed by atoms with Crippen molar-refractivity contribution >= 4 is 27.7 Å². The number of hydrogen-bond acceptors (Lipinski definition) is 9. The predicted octanol–water partition coefficient (Wildman–Crippen LogP) is 6.96. The number of benzene rings is 2. The minimum atomic E-state index is -4.17. The third-order valence-corrected chi connectivity index (χ3v) is 11.4. The van der Waals surface area contributed by atoms with Gasteiger partial charge in [0.1, 0.15) is 12.4 Å². The number of aromatic nitrogens is 4. The summed E-state index contributed by atoms with van der Waals surface area (Å²) in [5.74, 6) is 1.33. The molecule has 1 saturated heterocycles. The van der Waals surface area contributed by atoms with Crippen LogP contribution in [-0.4, -0.2) is 64.4 Å². The van der Waals surface area contributed by atoms with Crippen LogP contribution in [0.3, 0.4) is 0 Å². The second-order valence-electron chi connectivity index (χ2n) is 15.4. The zero-order valence-electron chi connectivity index (χ0n) is 30.1. The first-order valence-electron chi connectivity index (χ1n) is 17.9. The van der Waals surface area contributed by atoms with Crippen LogP contribution >= 0.6 is 0 Å². The lowest BCUT2D eigenvalue weighted by atomic mass is 9.87. The van der Waals surface area contributed by atoms with Gasteiger partial charge in [-0.1, -0.05) is 45.0 Å². The van der Waals surface area contributed by atoms with Gasteiger partial charge in [0, 0.05) is 29.8 Å². The summed E-state index contributed by atoms with van der Waals surface area (Å²) in [6, 6.07) is 13.8. The largest absolute Gasteiger partial charge is 0.475 e. The lowest BCUT2D eigenvalue weighted by Gasteiger charge is -2.37. The fraction of sp³-hybridized carbons (Fsp3) is 0.462. The van der Waals surface area contributed by atoms with Crippen LogP contribution in [0.4, 0.5) is 11.8 Å². The summed E-state index contributed by atoms with van der Waals surface area (Å²) in [4.78, 5) is 37.6. The Kier molecular flexibility index (Phi) is 9.47. The van der Waals surface area contributed by atoms with Gasteiger partial charge in [-0.25, -0.2) is 23.1 Å². The SMILES string of the molecule is Cc1cccc(C)c1-c1cc2nc(n1)NS(=O)(=O)c1cccc(c1)C(=O)N(Cc1cncc(N3CCCC[C@@H]3C3CC3)n1)[C@H](CC(C)(C)C)CO2. The van der Waals surface area contributed by atoms with Crippen LogP contribution in [0, 0.1) is 25.2 Å². The van der Waals surface area contributed by atoms with E-state index in [1.807, 2.05) is 38.2 Å². The van der Waals surface area contributed by atoms with E-state index in [1.165, 1.54) is 31.4 Å². The van der Waals surface area contributed by atoms with E-state index in [1.54, 1.807) is 29.3 Å². The van der Waals surface area contributed by atoms with Crippen molar-refractivity contribution in [3.63, 3.8) is 0 Å². The van der Waals surface area contributed by atoms with Crippen molar-refractivity contribution in [3.05, 3.63) is 83.3 Å². The van der Waals surface area contributed by atoms with Gasteiger partial charge in [-0.15, -0.1) is 0 Å². The standard InChI is InChI=1S/C39H47N7O4S/c1-25-10-8-11-26(2)36(25)32-19-35-43-38(42-32)44-51(48,49)31-13-9-12-28(18-31)37(47)46(30(24-50-35)20-39(3,4)5)23-29-21-40-22-34(41-29)45-17-7-6-14-33(45)27-15-16-27/h8-13,18-19,21-22,27,30,33H,6-7,14-17,20,23-24H2,1-5H3,(H,42,43,44)/t30-,33-/m1/s1. The normalized spacial score (nSPS) is 20.8. The topological polar surface area (TPSA) is 131 Å². The van der Waals surface area contributed by atoms with Gasteiger partial charge < -0.3 is 14.5 Å². The summed E-state index contributed by atoms with van der Waals surface area (Å²) in [6.45, 7) is 11.6. The first-order valence-corrected chi connectivity index (χ1v) is 19.4. The van der Waals surface area contributed by atoms with Crippen LogP contribution in [0.1, 0.15) is 86.5 Å². The van der Waals surface area contributed by atoms with Crippen LogP contribution in [0.15, 0.2) is 65.8 Å². The molecule has 268 valence electrons. The summed E-state index contributed by atoms with van der Waals surface area (Å²) in [5.41, 5.74) is 4.09. The molecule has 2 aromatic carbocycles. The molecule has 1 amide bonds. The van der Waals surface area contributed by atoms with E-state index >= 15 is 0 Å². The van der Waals surface area contributed by atoms with E-state index in [0.29, 0.717) is 29.8 Å². The Morgan fingerprint density at radius 3 is 2.45 bits per heavy atom. The number of rotatable bonds is 6. The Labute approximate surface area is 301 Å². The number of nitrogens with one attached hydrogen (secondary N) is 1. The number of nitrogens with zero attached hydrogens (tertiary/aromatic N) is 6. The van der Waals surface area contributed by atoms with E-state index in [4.69, 9.17) is 9.72 Å². The van der Waals surface area contributed by atoms with Gasteiger partial charge in [0.25, 0.3) is 15.9 Å². The number of carbonyl (C=O) groups excluding carboxylic acids is 1. The van der Waals surface area contributed by atoms with Gasteiger partial charge in [-0.3, -0.25) is 9.78 Å². The number of amides is 1. The Morgan fingerprint density at radius 1 is 0.941 bits per heavy atom. The lowest BCUT2D eigenvalue weighted by Crippen LogP contribution is -2.45. The summed E-state index contributed by atoms with van der Waals surface area (Å²) >= 11 is 0. The zero-order valence-corrected chi connectivity index (χ0v) is 30.9. The first kappa shape index (κ1) is 34.9. The molecule has 0 unspecified atom stereocenters. The number of ether oxygens (including phenoxy) is 1. The Hall–Kier alpha value is -4.58. The second-order valence-corrected chi connectivity index (χ2v) is 17.1. The molecule has 3 aliphatic rings. The highest BCUT2D eigenvalue weighted by Crippen LogP contribution is 2.41.